The third kappa shape index (κ3) is 8.99. The van der Waals surface area contributed by atoms with Gasteiger partial charge in [-0.1, -0.05) is 48.0 Å². The summed E-state index contributed by atoms with van der Waals surface area (Å²) in [6.07, 6.45) is 1.50. The molecule has 3 N–H and O–H groups in total. The van der Waals surface area contributed by atoms with Crippen LogP contribution < -0.4 is 20.7 Å². The quantitative estimate of drug-likeness (QED) is 0.0958. The highest BCUT2D eigenvalue weighted by molar-refractivity contribution is 8.00. The average molecular weight is 632 g/mol. The minimum Gasteiger partial charge on any atom is -0.494 e. The van der Waals surface area contributed by atoms with Gasteiger partial charge in [0.05, 0.1) is 12.4 Å². The molecule has 3 amide bonds. The van der Waals surface area contributed by atoms with Gasteiger partial charge < -0.3 is 25.1 Å². The normalized spacial score (nSPS) is 11.0. The summed E-state index contributed by atoms with van der Waals surface area (Å²) >= 11 is 1.37. The molecule has 0 aliphatic heterocycles. The average Bonchev–Trinajstić information content (AvgIpc) is 3.54. The SMILES string of the molecule is CCOc1ccc(NC(=O)CSc2ccc(NC(=O)/C(=C/c3ccc(-c4ccc(C)cc4)o3)NC(=O)c3ccccc3)cc2)cc1. The second-order valence-corrected chi connectivity index (χ2v) is 11.3. The van der Waals surface area contributed by atoms with Gasteiger partial charge in [0.2, 0.25) is 5.91 Å². The van der Waals surface area contributed by atoms with E-state index in [9.17, 15) is 14.4 Å². The van der Waals surface area contributed by atoms with Crippen molar-refractivity contribution in [3.63, 3.8) is 0 Å². The molecule has 8 nitrogen and oxygen atoms in total. The first-order valence-electron chi connectivity index (χ1n) is 14.7. The maximum absolute atomic E-state index is 13.4. The Morgan fingerprint density at radius 1 is 0.783 bits per heavy atom. The van der Waals surface area contributed by atoms with E-state index in [1.807, 2.05) is 74.5 Å². The van der Waals surface area contributed by atoms with Crippen molar-refractivity contribution in [3.05, 3.63) is 138 Å². The van der Waals surface area contributed by atoms with E-state index in [1.165, 1.54) is 17.8 Å². The van der Waals surface area contributed by atoms with Gasteiger partial charge in [0.25, 0.3) is 11.8 Å². The van der Waals surface area contributed by atoms with E-state index < -0.39 is 11.8 Å². The first-order chi connectivity index (χ1) is 22.4. The Hall–Kier alpha value is -5.54. The van der Waals surface area contributed by atoms with Crippen LogP contribution in [0.25, 0.3) is 17.4 Å². The van der Waals surface area contributed by atoms with Crippen molar-refractivity contribution in [1.82, 2.24) is 5.32 Å². The fourth-order valence-corrected chi connectivity index (χ4v) is 5.07. The number of ether oxygens (including phenoxy) is 1. The first kappa shape index (κ1) is 31.9. The monoisotopic (exact) mass is 631 g/mol. The molecule has 0 spiro atoms. The predicted molar refractivity (Wildman–Crippen MR) is 183 cm³/mol. The highest BCUT2D eigenvalue weighted by Crippen LogP contribution is 2.25. The van der Waals surface area contributed by atoms with Gasteiger partial charge in [0.15, 0.2) is 0 Å². The second-order valence-electron chi connectivity index (χ2n) is 10.2. The van der Waals surface area contributed by atoms with Crippen LogP contribution in [0.2, 0.25) is 0 Å². The zero-order chi connectivity index (χ0) is 32.3. The largest absolute Gasteiger partial charge is 0.494 e. The number of anilines is 2. The van der Waals surface area contributed by atoms with Crippen molar-refractivity contribution in [3.8, 4) is 17.1 Å². The third-order valence-corrected chi connectivity index (χ3v) is 7.72. The number of amides is 3. The molecule has 0 fully saturated rings. The van der Waals surface area contributed by atoms with Crippen LogP contribution in [0, 0.1) is 6.92 Å². The van der Waals surface area contributed by atoms with Crippen LogP contribution in [0.1, 0.15) is 28.6 Å². The van der Waals surface area contributed by atoms with E-state index in [4.69, 9.17) is 9.15 Å². The Morgan fingerprint density at radius 3 is 2.15 bits per heavy atom. The molecule has 232 valence electrons. The van der Waals surface area contributed by atoms with E-state index in [0.29, 0.717) is 35.1 Å². The number of hydrogen-bond donors (Lipinski definition) is 3. The van der Waals surface area contributed by atoms with Crippen LogP contribution in [-0.4, -0.2) is 30.1 Å². The summed E-state index contributed by atoms with van der Waals surface area (Å²) < 4.78 is 11.4. The number of furan rings is 1. The lowest BCUT2D eigenvalue weighted by Crippen LogP contribution is -2.30. The van der Waals surface area contributed by atoms with E-state index in [-0.39, 0.29) is 17.4 Å². The lowest BCUT2D eigenvalue weighted by molar-refractivity contribution is -0.114. The van der Waals surface area contributed by atoms with Gasteiger partial charge in [-0.2, -0.15) is 0 Å². The number of thioether (sulfide) groups is 1. The van der Waals surface area contributed by atoms with Gasteiger partial charge in [-0.05, 0) is 86.6 Å². The Balaban J connectivity index is 1.23. The Bertz CT molecular complexity index is 1810. The number of aryl methyl sites for hydroxylation is 1. The predicted octanol–water partition coefficient (Wildman–Crippen LogP) is 7.79. The van der Waals surface area contributed by atoms with E-state index >= 15 is 0 Å². The number of benzene rings is 4. The maximum Gasteiger partial charge on any atom is 0.272 e. The second kappa shape index (κ2) is 15.5. The molecule has 5 aromatic rings. The summed E-state index contributed by atoms with van der Waals surface area (Å²) in [5.41, 5.74) is 3.67. The van der Waals surface area contributed by atoms with Crippen molar-refractivity contribution in [1.29, 1.82) is 0 Å². The minimum atomic E-state index is -0.521. The summed E-state index contributed by atoms with van der Waals surface area (Å²) in [6, 6.07) is 34.5. The number of hydrogen-bond acceptors (Lipinski definition) is 6. The number of carbonyl (C=O) groups is 3. The molecule has 0 bridgehead atoms. The molecule has 0 atom stereocenters. The molecular formula is C37H33N3O5S. The van der Waals surface area contributed by atoms with Gasteiger partial charge in [-0.15, -0.1) is 11.8 Å². The Morgan fingerprint density at radius 2 is 1.46 bits per heavy atom. The molecule has 0 aliphatic carbocycles. The van der Waals surface area contributed by atoms with Gasteiger partial charge in [0, 0.05) is 33.5 Å². The molecule has 4 aromatic carbocycles. The molecule has 0 unspecified atom stereocenters. The van der Waals surface area contributed by atoms with E-state index in [0.717, 1.165) is 21.8 Å². The topological polar surface area (TPSA) is 110 Å². The highest BCUT2D eigenvalue weighted by atomic mass is 32.2. The van der Waals surface area contributed by atoms with Gasteiger partial charge in [-0.3, -0.25) is 14.4 Å². The zero-order valence-electron chi connectivity index (χ0n) is 25.4. The molecule has 0 saturated carbocycles. The Kier molecular flexibility index (Phi) is 10.7. The van der Waals surface area contributed by atoms with E-state index in [1.54, 1.807) is 54.6 Å². The molecule has 0 aliphatic rings. The fraction of sp³-hybridized carbons (Fsp3) is 0.108. The third-order valence-electron chi connectivity index (χ3n) is 6.71. The standard InChI is InChI=1S/C37H33N3O5S/c1-3-44-30-17-13-28(14-18-30)38-35(41)24-46-32-20-15-29(16-21-32)39-37(43)33(40-36(42)27-7-5-4-6-8-27)23-31-19-22-34(45-31)26-11-9-25(2)10-12-26/h4-23H,3,24H2,1-2H3,(H,38,41)(H,39,43)(H,40,42)/b33-23-. The summed E-state index contributed by atoms with van der Waals surface area (Å²) in [6.45, 7) is 4.50. The molecule has 1 heterocycles. The lowest BCUT2D eigenvalue weighted by Gasteiger charge is -2.11. The summed E-state index contributed by atoms with van der Waals surface area (Å²) in [4.78, 5) is 39.7. The molecular weight excluding hydrogens is 598 g/mol. The van der Waals surface area contributed by atoms with Crippen LogP contribution in [0.5, 0.6) is 5.75 Å². The smallest absolute Gasteiger partial charge is 0.272 e. The molecule has 5 rings (SSSR count). The lowest BCUT2D eigenvalue weighted by atomic mass is 10.1. The van der Waals surface area contributed by atoms with Gasteiger partial charge in [0.1, 0.15) is 23.0 Å². The van der Waals surface area contributed by atoms with Crippen LogP contribution in [0.3, 0.4) is 0 Å². The van der Waals surface area contributed by atoms with Crippen molar-refractivity contribution in [2.45, 2.75) is 18.7 Å². The number of carbonyl (C=O) groups excluding carboxylic acids is 3. The first-order valence-corrected chi connectivity index (χ1v) is 15.7. The van der Waals surface area contributed by atoms with Gasteiger partial charge in [-0.25, -0.2) is 0 Å². The zero-order valence-corrected chi connectivity index (χ0v) is 26.2. The fourth-order valence-electron chi connectivity index (χ4n) is 4.37. The summed E-state index contributed by atoms with van der Waals surface area (Å²) in [7, 11) is 0. The van der Waals surface area contributed by atoms with E-state index in [2.05, 4.69) is 16.0 Å². The molecule has 46 heavy (non-hydrogen) atoms. The highest BCUT2D eigenvalue weighted by Gasteiger charge is 2.16. The summed E-state index contributed by atoms with van der Waals surface area (Å²) in [5, 5.41) is 8.44. The van der Waals surface area contributed by atoms with Crippen molar-refractivity contribution in [2.75, 3.05) is 23.0 Å². The maximum atomic E-state index is 13.4. The number of nitrogens with one attached hydrogen (secondary N) is 3. The van der Waals surface area contributed by atoms with Gasteiger partial charge >= 0.3 is 0 Å². The molecule has 9 heteroatoms. The Labute approximate surface area is 271 Å². The van der Waals surface area contributed by atoms with Crippen molar-refractivity contribution < 1.29 is 23.5 Å². The molecule has 1 aromatic heterocycles. The summed E-state index contributed by atoms with van der Waals surface area (Å²) in [5.74, 6) is 0.919. The molecule has 0 saturated heterocycles. The van der Waals surface area contributed by atoms with Crippen molar-refractivity contribution >= 4 is 46.9 Å². The van der Waals surface area contributed by atoms with Crippen LogP contribution in [-0.2, 0) is 9.59 Å². The molecule has 0 radical (unpaired) electrons. The van der Waals surface area contributed by atoms with Crippen LogP contribution in [0.4, 0.5) is 11.4 Å². The number of rotatable bonds is 12. The van der Waals surface area contributed by atoms with Crippen LogP contribution >= 0.6 is 11.8 Å². The van der Waals surface area contributed by atoms with Crippen LogP contribution in [0.15, 0.2) is 130 Å². The minimum absolute atomic E-state index is 0.0167. The van der Waals surface area contributed by atoms with Crippen molar-refractivity contribution in [2.24, 2.45) is 0 Å².